The van der Waals surface area contributed by atoms with Crippen LogP contribution in [0.5, 0.6) is 5.75 Å². The molecular formula is C18H13N3O4S. The number of oxazole rings is 1. The highest BCUT2D eigenvalue weighted by Crippen LogP contribution is 2.24. The van der Waals surface area contributed by atoms with Gasteiger partial charge in [0.1, 0.15) is 5.75 Å². The van der Waals surface area contributed by atoms with Crippen LogP contribution in [0, 0.1) is 0 Å². The fraction of sp³-hybridized carbons (Fsp3) is 0.0556. The van der Waals surface area contributed by atoms with E-state index in [0.29, 0.717) is 28.4 Å². The molecule has 4 aromatic rings. The summed E-state index contributed by atoms with van der Waals surface area (Å²) in [6.45, 7) is 0. The molecule has 0 fully saturated rings. The molecule has 1 N–H and O–H groups in total. The van der Waals surface area contributed by atoms with Crippen LogP contribution in [0.2, 0.25) is 0 Å². The molecule has 0 aliphatic carbocycles. The lowest BCUT2D eigenvalue weighted by Crippen LogP contribution is -2.06. The van der Waals surface area contributed by atoms with Gasteiger partial charge in [-0.2, -0.15) is 4.98 Å². The van der Waals surface area contributed by atoms with Gasteiger partial charge in [-0.25, -0.2) is 13.4 Å². The first kappa shape index (κ1) is 16.2. The van der Waals surface area contributed by atoms with Crippen molar-refractivity contribution in [3.8, 4) is 17.2 Å². The number of rotatable bonds is 4. The number of hydrogen-bond donors (Lipinski definition) is 1. The molecule has 0 unspecified atom stereocenters. The maximum atomic E-state index is 12.5. The molecule has 0 bridgehead atoms. The van der Waals surface area contributed by atoms with E-state index in [4.69, 9.17) is 4.42 Å². The summed E-state index contributed by atoms with van der Waals surface area (Å²) >= 11 is 0. The Labute approximate surface area is 148 Å². The standard InChI is InChI=1S/C18H13N3O4S/c22-14-3-5-15(6-4-14)26(23,24)11-13-10-12(7-9-19-13)18-21-17-16(25-18)2-1-8-20-17/h1-10,22H,11H2. The Bertz CT molecular complexity index is 1150. The third kappa shape index (κ3) is 3.14. The van der Waals surface area contributed by atoms with E-state index in [-0.39, 0.29) is 16.4 Å². The first-order valence-electron chi connectivity index (χ1n) is 7.70. The van der Waals surface area contributed by atoms with Crippen molar-refractivity contribution in [1.29, 1.82) is 0 Å². The number of phenolic OH excluding ortho intramolecular Hbond substituents is 1. The summed E-state index contributed by atoms with van der Waals surface area (Å²) in [5.41, 5.74) is 2.02. The van der Waals surface area contributed by atoms with Crippen molar-refractivity contribution in [2.75, 3.05) is 0 Å². The van der Waals surface area contributed by atoms with Crippen LogP contribution in [0.1, 0.15) is 5.69 Å². The Morgan fingerprint density at radius 2 is 1.81 bits per heavy atom. The fourth-order valence-corrected chi connectivity index (χ4v) is 3.78. The van der Waals surface area contributed by atoms with Gasteiger partial charge in [0, 0.05) is 18.0 Å². The van der Waals surface area contributed by atoms with E-state index in [2.05, 4.69) is 15.0 Å². The summed E-state index contributed by atoms with van der Waals surface area (Å²) in [6, 6.07) is 12.2. The number of fused-ring (bicyclic) bond motifs is 1. The van der Waals surface area contributed by atoms with Crippen LogP contribution in [-0.2, 0) is 15.6 Å². The number of phenols is 1. The van der Waals surface area contributed by atoms with E-state index in [9.17, 15) is 13.5 Å². The molecule has 8 heteroatoms. The summed E-state index contributed by atoms with van der Waals surface area (Å²) < 4.78 is 30.7. The zero-order valence-electron chi connectivity index (χ0n) is 13.4. The third-order valence-electron chi connectivity index (χ3n) is 3.76. The lowest BCUT2D eigenvalue weighted by Gasteiger charge is -2.05. The van der Waals surface area contributed by atoms with Gasteiger partial charge >= 0.3 is 0 Å². The molecule has 0 atom stereocenters. The van der Waals surface area contributed by atoms with Gasteiger partial charge in [-0.3, -0.25) is 4.98 Å². The summed E-state index contributed by atoms with van der Waals surface area (Å²) in [5, 5.41) is 9.30. The van der Waals surface area contributed by atoms with Crippen LogP contribution in [0.15, 0.2) is 70.2 Å². The maximum absolute atomic E-state index is 12.5. The highest BCUT2D eigenvalue weighted by Gasteiger charge is 2.17. The summed E-state index contributed by atoms with van der Waals surface area (Å²) in [4.78, 5) is 12.7. The molecular weight excluding hydrogens is 354 g/mol. The summed E-state index contributed by atoms with van der Waals surface area (Å²) in [7, 11) is -3.59. The highest BCUT2D eigenvalue weighted by molar-refractivity contribution is 7.90. The Kier molecular flexibility index (Phi) is 3.89. The molecule has 0 saturated carbocycles. The molecule has 0 saturated heterocycles. The van der Waals surface area contributed by atoms with Crippen LogP contribution in [0.4, 0.5) is 0 Å². The summed E-state index contributed by atoms with van der Waals surface area (Å²) in [6.07, 6.45) is 3.14. The van der Waals surface area contributed by atoms with E-state index >= 15 is 0 Å². The molecule has 0 spiro atoms. The van der Waals surface area contributed by atoms with Crippen molar-refractivity contribution in [1.82, 2.24) is 15.0 Å². The quantitative estimate of drug-likeness (QED) is 0.591. The second kappa shape index (κ2) is 6.23. The number of sulfone groups is 1. The first-order valence-corrected chi connectivity index (χ1v) is 9.35. The second-order valence-electron chi connectivity index (χ2n) is 5.63. The largest absolute Gasteiger partial charge is 0.508 e. The number of pyridine rings is 2. The van der Waals surface area contributed by atoms with Crippen molar-refractivity contribution >= 4 is 21.1 Å². The second-order valence-corrected chi connectivity index (χ2v) is 7.62. The number of aromatic hydroxyl groups is 1. The number of benzene rings is 1. The van der Waals surface area contributed by atoms with Gasteiger partial charge in [-0.1, -0.05) is 0 Å². The average Bonchev–Trinajstić information content (AvgIpc) is 3.06. The zero-order chi connectivity index (χ0) is 18.1. The Balaban J connectivity index is 1.66. The molecule has 26 heavy (non-hydrogen) atoms. The van der Waals surface area contributed by atoms with Crippen molar-refractivity contribution < 1.29 is 17.9 Å². The van der Waals surface area contributed by atoms with Gasteiger partial charge in [0.2, 0.25) is 5.89 Å². The van der Waals surface area contributed by atoms with Crippen molar-refractivity contribution in [2.24, 2.45) is 0 Å². The predicted molar refractivity (Wildman–Crippen MR) is 94.0 cm³/mol. The number of aromatic nitrogens is 3. The molecule has 0 aliphatic heterocycles. The van der Waals surface area contributed by atoms with E-state index in [1.54, 1.807) is 30.5 Å². The topological polar surface area (TPSA) is 106 Å². The van der Waals surface area contributed by atoms with Crippen molar-refractivity contribution in [2.45, 2.75) is 10.6 Å². The van der Waals surface area contributed by atoms with E-state index < -0.39 is 9.84 Å². The van der Waals surface area contributed by atoms with Gasteiger partial charge in [0.25, 0.3) is 0 Å². The number of nitrogens with zero attached hydrogens (tertiary/aromatic N) is 3. The smallest absolute Gasteiger partial charge is 0.229 e. The van der Waals surface area contributed by atoms with Crippen LogP contribution in [-0.4, -0.2) is 28.5 Å². The Morgan fingerprint density at radius 3 is 2.58 bits per heavy atom. The lowest BCUT2D eigenvalue weighted by atomic mass is 10.2. The minimum absolute atomic E-state index is 0.00800. The van der Waals surface area contributed by atoms with Crippen LogP contribution in [0.3, 0.4) is 0 Å². The van der Waals surface area contributed by atoms with Gasteiger partial charge in [-0.05, 0) is 48.5 Å². The molecule has 0 amide bonds. The summed E-state index contributed by atoms with van der Waals surface area (Å²) in [5.74, 6) is 0.0856. The highest BCUT2D eigenvalue weighted by atomic mass is 32.2. The van der Waals surface area contributed by atoms with E-state index in [1.165, 1.54) is 30.5 Å². The van der Waals surface area contributed by atoms with E-state index in [0.717, 1.165) is 0 Å². The van der Waals surface area contributed by atoms with Crippen molar-refractivity contribution in [3.05, 3.63) is 66.6 Å². The number of hydrogen-bond acceptors (Lipinski definition) is 7. The monoisotopic (exact) mass is 367 g/mol. The van der Waals surface area contributed by atoms with Crippen molar-refractivity contribution in [3.63, 3.8) is 0 Å². The minimum Gasteiger partial charge on any atom is -0.508 e. The molecule has 4 rings (SSSR count). The van der Waals surface area contributed by atoms with Crippen LogP contribution >= 0.6 is 0 Å². The minimum atomic E-state index is -3.59. The lowest BCUT2D eigenvalue weighted by molar-refractivity contribution is 0.475. The van der Waals surface area contributed by atoms with Crippen LogP contribution < -0.4 is 0 Å². The van der Waals surface area contributed by atoms with Gasteiger partial charge < -0.3 is 9.52 Å². The van der Waals surface area contributed by atoms with Crippen LogP contribution in [0.25, 0.3) is 22.7 Å². The first-order chi connectivity index (χ1) is 12.5. The molecule has 130 valence electrons. The van der Waals surface area contributed by atoms with E-state index in [1.807, 2.05) is 0 Å². The molecule has 7 nitrogen and oxygen atoms in total. The molecule has 1 aromatic carbocycles. The van der Waals surface area contributed by atoms with Gasteiger partial charge in [0.05, 0.1) is 16.3 Å². The maximum Gasteiger partial charge on any atom is 0.229 e. The fourth-order valence-electron chi connectivity index (χ4n) is 2.51. The van der Waals surface area contributed by atoms with Gasteiger partial charge in [0.15, 0.2) is 21.1 Å². The predicted octanol–water partition coefficient (Wildman–Crippen LogP) is 2.96. The average molecular weight is 367 g/mol. The Hall–Kier alpha value is -3.26. The molecule has 0 aliphatic rings. The Morgan fingerprint density at radius 1 is 1.00 bits per heavy atom. The van der Waals surface area contributed by atoms with Gasteiger partial charge in [-0.15, -0.1) is 0 Å². The normalized spacial score (nSPS) is 11.7. The molecule has 3 heterocycles. The zero-order valence-corrected chi connectivity index (χ0v) is 14.2. The molecule has 0 radical (unpaired) electrons. The molecule has 3 aromatic heterocycles. The SMILES string of the molecule is O=S(=O)(Cc1cc(-c2nc3ncccc3o2)ccn1)c1ccc(O)cc1. The third-order valence-corrected chi connectivity index (χ3v) is 5.43.